The Morgan fingerprint density at radius 3 is 3.06 bits per heavy atom. The molecule has 1 aliphatic rings. The smallest absolute Gasteiger partial charge is 0.129 e. The monoisotopic (exact) mass is 236 g/mol. The highest BCUT2D eigenvalue weighted by Gasteiger charge is 2.26. The first-order valence-corrected chi connectivity index (χ1v) is 6.19. The first-order valence-electron chi connectivity index (χ1n) is 6.19. The van der Waals surface area contributed by atoms with Crippen molar-refractivity contribution in [3.63, 3.8) is 0 Å². The molecule has 4 nitrogen and oxygen atoms in total. The molecule has 1 aromatic heterocycles. The van der Waals surface area contributed by atoms with Crippen molar-refractivity contribution in [2.75, 3.05) is 18.1 Å². The number of aliphatic hydroxyl groups is 1. The molecule has 2 rings (SSSR count). The second-order valence-corrected chi connectivity index (χ2v) is 4.50. The molecular formula is C13H20N2O2. The van der Waals surface area contributed by atoms with Crippen LogP contribution in [0.4, 0.5) is 5.82 Å². The molecule has 2 atom stereocenters. The fraction of sp³-hybridized carbons (Fsp3) is 0.615. The number of pyridine rings is 1. The fourth-order valence-electron chi connectivity index (χ4n) is 2.18. The van der Waals surface area contributed by atoms with Gasteiger partial charge in [0, 0.05) is 6.54 Å². The molecule has 0 aliphatic carbocycles. The van der Waals surface area contributed by atoms with Crippen LogP contribution in [0, 0.1) is 0 Å². The van der Waals surface area contributed by atoms with Gasteiger partial charge in [-0.3, -0.25) is 0 Å². The number of rotatable bonds is 3. The summed E-state index contributed by atoms with van der Waals surface area (Å²) in [4.78, 5) is 6.75. The van der Waals surface area contributed by atoms with Gasteiger partial charge in [-0.2, -0.15) is 0 Å². The lowest BCUT2D eigenvalue weighted by atomic mass is 10.1. The van der Waals surface area contributed by atoms with E-state index in [1.807, 2.05) is 18.2 Å². The van der Waals surface area contributed by atoms with E-state index in [2.05, 4.69) is 23.7 Å². The maximum absolute atomic E-state index is 9.13. The average molecular weight is 236 g/mol. The minimum atomic E-state index is -0.00940. The van der Waals surface area contributed by atoms with Gasteiger partial charge in [-0.05, 0) is 25.5 Å². The summed E-state index contributed by atoms with van der Waals surface area (Å²) in [7, 11) is 0. The van der Waals surface area contributed by atoms with E-state index in [0.29, 0.717) is 6.04 Å². The van der Waals surface area contributed by atoms with Gasteiger partial charge in [0.2, 0.25) is 0 Å². The van der Waals surface area contributed by atoms with Crippen LogP contribution in [-0.4, -0.2) is 35.4 Å². The van der Waals surface area contributed by atoms with Gasteiger partial charge < -0.3 is 14.7 Å². The summed E-state index contributed by atoms with van der Waals surface area (Å²) in [6, 6.07) is 6.17. The molecule has 0 bridgehead atoms. The highest BCUT2D eigenvalue weighted by molar-refractivity contribution is 5.41. The standard InChI is InChI=1S/C13H20N2O2/c1-3-12-9-17-10(2)7-15(12)13-6-4-5-11(8-16)14-13/h4-6,10,12,16H,3,7-9H2,1-2H3. The van der Waals surface area contributed by atoms with E-state index in [1.165, 1.54) is 0 Å². The third kappa shape index (κ3) is 2.76. The van der Waals surface area contributed by atoms with Crippen molar-refractivity contribution in [3.05, 3.63) is 23.9 Å². The molecule has 1 aliphatic heterocycles. The minimum Gasteiger partial charge on any atom is -0.390 e. The SMILES string of the molecule is CCC1COC(C)CN1c1cccc(CO)n1. The summed E-state index contributed by atoms with van der Waals surface area (Å²) in [5.74, 6) is 0.943. The zero-order valence-corrected chi connectivity index (χ0v) is 10.5. The molecule has 1 fully saturated rings. The van der Waals surface area contributed by atoms with Gasteiger partial charge >= 0.3 is 0 Å². The quantitative estimate of drug-likeness (QED) is 0.865. The lowest BCUT2D eigenvalue weighted by molar-refractivity contribution is 0.0296. The van der Waals surface area contributed by atoms with Crippen LogP contribution >= 0.6 is 0 Å². The van der Waals surface area contributed by atoms with Gasteiger partial charge in [-0.1, -0.05) is 13.0 Å². The normalized spacial score (nSPS) is 25.0. The van der Waals surface area contributed by atoms with Crippen molar-refractivity contribution in [1.29, 1.82) is 0 Å². The lowest BCUT2D eigenvalue weighted by Gasteiger charge is -2.39. The van der Waals surface area contributed by atoms with Crippen molar-refractivity contribution in [2.45, 2.75) is 39.0 Å². The van der Waals surface area contributed by atoms with Crippen molar-refractivity contribution >= 4 is 5.82 Å². The van der Waals surface area contributed by atoms with E-state index >= 15 is 0 Å². The number of ether oxygens (including phenoxy) is 1. The highest BCUT2D eigenvalue weighted by Crippen LogP contribution is 2.21. The second kappa shape index (κ2) is 5.47. The van der Waals surface area contributed by atoms with E-state index in [1.54, 1.807) is 0 Å². The molecular weight excluding hydrogens is 216 g/mol. The van der Waals surface area contributed by atoms with Crippen molar-refractivity contribution in [1.82, 2.24) is 4.98 Å². The largest absolute Gasteiger partial charge is 0.390 e. The molecule has 0 aromatic carbocycles. The number of hydrogen-bond donors (Lipinski definition) is 1. The van der Waals surface area contributed by atoms with Gasteiger partial charge in [0.25, 0.3) is 0 Å². The Morgan fingerprint density at radius 2 is 2.35 bits per heavy atom. The fourth-order valence-corrected chi connectivity index (χ4v) is 2.18. The van der Waals surface area contributed by atoms with Crippen LogP contribution in [-0.2, 0) is 11.3 Å². The van der Waals surface area contributed by atoms with Crippen LogP contribution in [0.5, 0.6) is 0 Å². The topological polar surface area (TPSA) is 45.6 Å². The molecule has 17 heavy (non-hydrogen) atoms. The predicted octanol–water partition coefficient (Wildman–Crippen LogP) is 1.58. The van der Waals surface area contributed by atoms with E-state index in [-0.39, 0.29) is 12.7 Å². The van der Waals surface area contributed by atoms with E-state index in [4.69, 9.17) is 9.84 Å². The predicted molar refractivity (Wildman–Crippen MR) is 67.0 cm³/mol. The summed E-state index contributed by atoms with van der Waals surface area (Å²) in [6.07, 6.45) is 1.27. The van der Waals surface area contributed by atoms with Crippen LogP contribution < -0.4 is 4.90 Å². The molecule has 0 amide bonds. The summed E-state index contributed by atoms with van der Waals surface area (Å²) in [6.45, 7) is 5.84. The summed E-state index contributed by atoms with van der Waals surface area (Å²) in [5.41, 5.74) is 0.719. The van der Waals surface area contributed by atoms with Crippen LogP contribution in [0.3, 0.4) is 0 Å². The third-order valence-electron chi connectivity index (χ3n) is 3.19. The van der Waals surface area contributed by atoms with Crippen molar-refractivity contribution < 1.29 is 9.84 Å². The first kappa shape index (κ1) is 12.3. The first-order chi connectivity index (χ1) is 8.24. The van der Waals surface area contributed by atoms with Gasteiger partial charge in [0.1, 0.15) is 5.82 Å². The molecule has 1 aromatic rings. The Labute approximate surface area is 102 Å². The third-order valence-corrected chi connectivity index (χ3v) is 3.19. The number of aromatic nitrogens is 1. The summed E-state index contributed by atoms with van der Waals surface area (Å²) >= 11 is 0. The molecule has 0 spiro atoms. The number of nitrogens with zero attached hydrogens (tertiary/aromatic N) is 2. The maximum Gasteiger partial charge on any atom is 0.129 e. The van der Waals surface area contributed by atoms with E-state index in [9.17, 15) is 0 Å². The zero-order valence-electron chi connectivity index (χ0n) is 10.5. The van der Waals surface area contributed by atoms with Crippen LogP contribution in [0.15, 0.2) is 18.2 Å². The van der Waals surface area contributed by atoms with E-state index < -0.39 is 0 Å². The molecule has 2 unspecified atom stereocenters. The van der Waals surface area contributed by atoms with Crippen molar-refractivity contribution in [3.8, 4) is 0 Å². The maximum atomic E-state index is 9.13. The van der Waals surface area contributed by atoms with Gasteiger partial charge in [0.05, 0.1) is 31.1 Å². The van der Waals surface area contributed by atoms with Crippen molar-refractivity contribution in [2.24, 2.45) is 0 Å². The zero-order chi connectivity index (χ0) is 12.3. The number of aliphatic hydroxyl groups excluding tert-OH is 1. The Morgan fingerprint density at radius 1 is 1.53 bits per heavy atom. The molecule has 0 radical (unpaired) electrons. The second-order valence-electron chi connectivity index (χ2n) is 4.50. The molecule has 1 saturated heterocycles. The number of hydrogen-bond acceptors (Lipinski definition) is 4. The Hall–Kier alpha value is -1.13. The molecule has 2 heterocycles. The summed E-state index contributed by atoms with van der Waals surface area (Å²) in [5, 5.41) is 9.13. The molecule has 94 valence electrons. The Kier molecular flexibility index (Phi) is 3.97. The van der Waals surface area contributed by atoms with Gasteiger partial charge in [-0.25, -0.2) is 4.98 Å². The average Bonchev–Trinajstić information content (AvgIpc) is 2.39. The summed E-state index contributed by atoms with van der Waals surface area (Å²) < 4.78 is 5.67. The van der Waals surface area contributed by atoms with Crippen LogP contribution in [0.1, 0.15) is 26.0 Å². The number of morpholine rings is 1. The molecule has 0 saturated carbocycles. The molecule has 1 N–H and O–H groups in total. The molecule has 4 heteroatoms. The van der Waals surface area contributed by atoms with Crippen LogP contribution in [0.25, 0.3) is 0 Å². The minimum absolute atomic E-state index is 0.00940. The van der Waals surface area contributed by atoms with Crippen LogP contribution in [0.2, 0.25) is 0 Å². The van der Waals surface area contributed by atoms with Gasteiger partial charge in [0.15, 0.2) is 0 Å². The lowest BCUT2D eigenvalue weighted by Crippen LogP contribution is -2.49. The number of anilines is 1. The Bertz CT molecular complexity index is 370. The van der Waals surface area contributed by atoms with E-state index in [0.717, 1.165) is 31.1 Å². The van der Waals surface area contributed by atoms with Gasteiger partial charge in [-0.15, -0.1) is 0 Å². The Balaban J connectivity index is 2.22. The highest BCUT2D eigenvalue weighted by atomic mass is 16.5.